The van der Waals surface area contributed by atoms with Crippen molar-refractivity contribution in [2.45, 2.75) is 139 Å². The Morgan fingerprint density at radius 3 is 1.29 bits per heavy atom. The van der Waals surface area contributed by atoms with Crippen molar-refractivity contribution in [3.8, 4) is 11.5 Å². The van der Waals surface area contributed by atoms with Crippen molar-refractivity contribution in [1.82, 2.24) is 0 Å². The SMILES string of the molecule is CCCCCCOc1ccc(C2CCC3(CC2)CC2(CCC(c4ccc(OCCCCCC)cc4)CC2)C3(Cl)Cl)cc1. The van der Waals surface area contributed by atoms with Gasteiger partial charge in [-0.1, -0.05) is 76.6 Å². The Morgan fingerprint density at radius 2 is 0.952 bits per heavy atom. The molecule has 42 heavy (non-hydrogen) atoms. The Labute approximate surface area is 266 Å². The van der Waals surface area contributed by atoms with E-state index >= 15 is 0 Å². The summed E-state index contributed by atoms with van der Waals surface area (Å²) < 4.78 is 11.3. The zero-order valence-corrected chi connectivity index (χ0v) is 27.8. The van der Waals surface area contributed by atoms with Gasteiger partial charge in [0.1, 0.15) is 15.8 Å². The molecule has 0 amide bonds. The van der Waals surface area contributed by atoms with Gasteiger partial charge >= 0.3 is 0 Å². The molecule has 3 aliphatic rings. The lowest BCUT2D eigenvalue weighted by atomic mass is 9.43. The zero-order valence-electron chi connectivity index (χ0n) is 26.3. The predicted molar refractivity (Wildman–Crippen MR) is 178 cm³/mol. The molecule has 2 aromatic rings. The fourth-order valence-corrected chi connectivity index (χ4v) is 9.45. The van der Waals surface area contributed by atoms with Crippen molar-refractivity contribution in [3.63, 3.8) is 0 Å². The molecular weight excluding hydrogens is 559 g/mol. The van der Waals surface area contributed by atoms with E-state index in [0.717, 1.165) is 63.2 Å². The van der Waals surface area contributed by atoms with Crippen molar-refractivity contribution in [2.24, 2.45) is 10.8 Å². The van der Waals surface area contributed by atoms with Crippen molar-refractivity contribution in [1.29, 1.82) is 0 Å². The van der Waals surface area contributed by atoms with E-state index in [0.29, 0.717) is 11.8 Å². The van der Waals surface area contributed by atoms with Crippen LogP contribution in [-0.4, -0.2) is 17.5 Å². The number of rotatable bonds is 14. The van der Waals surface area contributed by atoms with Crippen LogP contribution in [0, 0.1) is 10.8 Å². The Kier molecular flexibility index (Phi) is 11.1. The van der Waals surface area contributed by atoms with E-state index in [1.54, 1.807) is 0 Å². The number of unbranched alkanes of at least 4 members (excludes halogenated alkanes) is 6. The van der Waals surface area contributed by atoms with Crippen LogP contribution in [0.15, 0.2) is 48.5 Å². The highest BCUT2D eigenvalue weighted by atomic mass is 35.5. The first-order chi connectivity index (χ1) is 20.4. The molecule has 2 aromatic carbocycles. The second kappa shape index (κ2) is 14.6. The molecule has 0 unspecified atom stereocenters. The van der Waals surface area contributed by atoms with E-state index in [1.807, 2.05) is 0 Å². The van der Waals surface area contributed by atoms with Gasteiger partial charge in [0, 0.05) is 10.8 Å². The molecule has 232 valence electrons. The van der Waals surface area contributed by atoms with E-state index in [2.05, 4.69) is 62.4 Å². The Bertz CT molecular complexity index is 992. The van der Waals surface area contributed by atoms with E-state index in [-0.39, 0.29) is 10.8 Å². The lowest BCUT2D eigenvalue weighted by molar-refractivity contribution is -0.107. The minimum absolute atomic E-state index is 0.0943. The number of halogens is 2. The number of hydrogen-bond acceptors (Lipinski definition) is 2. The fraction of sp³-hybridized carbons (Fsp3) is 0.684. The summed E-state index contributed by atoms with van der Waals surface area (Å²) in [6, 6.07) is 17.8. The topological polar surface area (TPSA) is 18.5 Å². The first-order valence-electron chi connectivity index (χ1n) is 17.3. The molecule has 0 aliphatic heterocycles. The summed E-state index contributed by atoms with van der Waals surface area (Å²) in [6.45, 7) is 6.13. The average molecular weight is 614 g/mol. The van der Waals surface area contributed by atoms with Crippen LogP contribution in [0.2, 0.25) is 0 Å². The Morgan fingerprint density at radius 1 is 0.571 bits per heavy atom. The van der Waals surface area contributed by atoms with Crippen molar-refractivity contribution < 1.29 is 9.47 Å². The number of benzene rings is 2. The third-order valence-corrected chi connectivity index (χ3v) is 12.7. The van der Waals surface area contributed by atoms with Crippen LogP contribution >= 0.6 is 23.2 Å². The highest BCUT2D eigenvalue weighted by Crippen LogP contribution is 2.77. The number of ether oxygens (including phenoxy) is 2. The third-order valence-electron chi connectivity index (χ3n) is 11.1. The predicted octanol–water partition coefficient (Wildman–Crippen LogP) is 12.2. The van der Waals surface area contributed by atoms with E-state index < -0.39 is 4.33 Å². The van der Waals surface area contributed by atoms with Crippen LogP contribution in [-0.2, 0) is 0 Å². The molecule has 2 nitrogen and oxygen atoms in total. The fourth-order valence-electron chi connectivity index (χ4n) is 8.42. The normalized spacial score (nSPS) is 28.5. The van der Waals surface area contributed by atoms with Gasteiger partial charge in [0.05, 0.1) is 13.2 Å². The molecule has 0 saturated heterocycles. The van der Waals surface area contributed by atoms with Crippen LogP contribution in [0.3, 0.4) is 0 Å². The molecule has 3 saturated carbocycles. The highest BCUT2D eigenvalue weighted by Gasteiger charge is 2.72. The van der Waals surface area contributed by atoms with Crippen molar-refractivity contribution in [3.05, 3.63) is 59.7 Å². The third kappa shape index (κ3) is 6.96. The van der Waals surface area contributed by atoms with Crippen LogP contribution < -0.4 is 9.47 Å². The second-order valence-corrected chi connectivity index (χ2v) is 15.1. The summed E-state index contributed by atoms with van der Waals surface area (Å²) in [5, 5.41) is 0. The smallest absolute Gasteiger partial charge is 0.129 e. The van der Waals surface area contributed by atoms with Crippen LogP contribution in [0.4, 0.5) is 0 Å². The summed E-state index contributed by atoms with van der Waals surface area (Å²) >= 11 is 14.8. The van der Waals surface area contributed by atoms with Crippen molar-refractivity contribution >= 4 is 23.2 Å². The minimum Gasteiger partial charge on any atom is -0.494 e. The van der Waals surface area contributed by atoms with Gasteiger partial charge in [-0.25, -0.2) is 0 Å². The van der Waals surface area contributed by atoms with Crippen molar-refractivity contribution in [2.75, 3.05) is 13.2 Å². The van der Waals surface area contributed by atoms with Gasteiger partial charge in [0.2, 0.25) is 0 Å². The van der Waals surface area contributed by atoms with E-state index in [9.17, 15) is 0 Å². The quantitative estimate of drug-likeness (QED) is 0.156. The van der Waals surface area contributed by atoms with Crippen LogP contribution in [0.5, 0.6) is 11.5 Å². The maximum absolute atomic E-state index is 7.40. The lowest BCUT2D eigenvalue weighted by Gasteiger charge is -2.69. The van der Waals surface area contributed by atoms with Gasteiger partial charge in [-0.3, -0.25) is 0 Å². The molecular formula is C38H54Cl2O2. The average Bonchev–Trinajstić information content (AvgIpc) is 3.02. The van der Waals surface area contributed by atoms with Gasteiger partial charge in [0.15, 0.2) is 0 Å². The maximum atomic E-state index is 7.40. The molecule has 0 N–H and O–H groups in total. The summed E-state index contributed by atoms with van der Waals surface area (Å²) in [7, 11) is 0. The molecule has 0 radical (unpaired) electrons. The van der Waals surface area contributed by atoms with Gasteiger partial charge < -0.3 is 9.47 Å². The van der Waals surface area contributed by atoms with Gasteiger partial charge in [-0.05, 0) is 118 Å². The summed E-state index contributed by atoms with van der Waals surface area (Å²) in [5.41, 5.74) is 3.08. The largest absolute Gasteiger partial charge is 0.494 e. The molecule has 2 spiro atoms. The number of hydrogen-bond donors (Lipinski definition) is 0. The first-order valence-corrected chi connectivity index (χ1v) is 18.0. The molecule has 0 heterocycles. The van der Waals surface area contributed by atoms with Gasteiger partial charge in [0.25, 0.3) is 0 Å². The summed E-state index contributed by atoms with van der Waals surface area (Å²) in [5.74, 6) is 3.21. The van der Waals surface area contributed by atoms with Gasteiger partial charge in [-0.15, -0.1) is 23.2 Å². The Balaban J connectivity index is 1.07. The summed E-state index contributed by atoms with van der Waals surface area (Å²) in [4.78, 5) is 0. The highest BCUT2D eigenvalue weighted by molar-refractivity contribution is 6.50. The molecule has 0 aromatic heterocycles. The minimum atomic E-state index is -0.596. The lowest BCUT2D eigenvalue weighted by Crippen LogP contribution is -2.66. The second-order valence-electron chi connectivity index (χ2n) is 13.8. The van der Waals surface area contributed by atoms with E-state index in [4.69, 9.17) is 32.7 Å². The molecule has 5 rings (SSSR count). The van der Waals surface area contributed by atoms with Crippen LogP contribution in [0.25, 0.3) is 0 Å². The summed E-state index contributed by atoms with van der Waals surface area (Å²) in [6.07, 6.45) is 20.4. The number of alkyl halides is 2. The van der Waals surface area contributed by atoms with E-state index in [1.165, 1.54) is 81.8 Å². The molecule has 4 heteroatoms. The molecule has 3 fully saturated rings. The maximum Gasteiger partial charge on any atom is 0.129 e. The molecule has 0 bridgehead atoms. The van der Waals surface area contributed by atoms with Crippen LogP contribution in [0.1, 0.15) is 146 Å². The first kappa shape index (κ1) is 32.0. The van der Waals surface area contributed by atoms with Gasteiger partial charge in [-0.2, -0.15) is 0 Å². The zero-order chi connectivity index (χ0) is 29.5. The monoisotopic (exact) mass is 612 g/mol. The molecule has 3 aliphatic carbocycles. The molecule has 0 atom stereocenters. The Hall–Kier alpha value is -1.38. The standard InChI is InChI=1S/C38H54Cl2O2/c1-3-5-7-9-27-41-34-15-11-30(12-16-34)32-19-23-36(24-20-32)29-37(38(36,39)40)25-21-33(22-26-37)31-13-17-35(18-14-31)42-28-10-8-6-4-2/h11-18,32-33H,3-10,19-29H2,1-2H3.